The molecule has 4 amide bonds. The molecule has 4 heterocycles. The summed E-state index contributed by atoms with van der Waals surface area (Å²) >= 11 is 2.50. The minimum atomic E-state index is -1.31. The van der Waals surface area contributed by atoms with Crippen molar-refractivity contribution < 1.29 is 48.8 Å². The van der Waals surface area contributed by atoms with E-state index in [-0.39, 0.29) is 41.6 Å². The lowest BCUT2D eigenvalue weighted by Crippen LogP contribution is -2.49. The third-order valence-corrected chi connectivity index (χ3v) is 11.1. The zero-order valence-corrected chi connectivity index (χ0v) is 37.6. The van der Waals surface area contributed by atoms with Crippen molar-refractivity contribution in [3.8, 4) is 11.5 Å². The number of esters is 1. The summed E-state index contributed by atoms with van der Waals surface area (Å²) in [6.07, 6.45) is 8.41. The number of nitrogens with one attached hydrogen (secondary N) is 6. The normalized spacial score (nSPS) is 11.4. The summed E-state index contributed by atoms with van der Waals surface area (Å²) < 4.78 is 4.73. The maximum absolute atomic E-state index is 12.6. The number of phenolic OH excluding ortho intramolecular Hbond substituents is 2. The Hall–Kier alpha value is -7.98. The van der Waals surface area contributed by atoms with Crippen LogP contribution in [-0.2, 0) is 27.2 Å². The van der Waals surface area contributed by atoms with Crippen LogP contribution in [0.3, 0.4) is 0 Å². The van der Waals surface area contributed by atoms with Crippen LogP contribution in [0.15, 0.2) is 108 Å². The summed E-state index contributed by atoms with van der Waals surface area (Å²) in [5, 5.41) is 47.9. The van der Waals surface area contributed by atoms with Gasteiger partial charge in [-0.05, 0) is 84.0 Å². The molecule has 0 fully saturated rings. The molecule has 0 bridgehead atoms. The number of methoxy groups -OCH3 is 1. The Morgan fingerprint density at radius 2 is 1.03 bits per heavy atom. The number of hydrogen-bond acceptors (Lipinski definition) is 17. The van der Waals surface area contributed by atoms with Crippen LogP contribution >= 0.6 is 22.7 Å². The number of carboxylic acid groups (broad SMARTS) is 1. The van der Waals surface area contributed by atoms with Crippen molar-refractivity contribution >= 4 is 70.1 Å². The minimum Gasteiger partial charge on any atom is -0.508 e. The first-order valence-corrected chi connectivity index (χ1v) is 22.4. The van der Waals surface area contributed by atoms with Crippen LogP contribution in [0, 0.1) is 0 Å². The smallest absolute Gasteiger partial charge is 0.330 e. The van der Waals surface area contributed by atoms with Crippen molar-refractivity contribution in [3.05, 3.63) is 140 Å². The van der Waals surface area contributed by atoms with Crippen LogP contribution < -0.4 is 31.9 Å². The molecule has 2 atom stereocenters. The number of benzene rings is 2. The number of aliphatic carboxylic acids is 1. The molecule has 0 aliphatic rings. The van der Waals surface area contributed by atoms with Crippen LogP contribution in [0.5, 0.6) is 11.5 Å². The molecule has 2 aromatic carbocycles. The maximum atomic E-state index is 12.6. The summed E-state index contributed by atoms with van der Waals surface area (Å²) in [5.74, 6) is -2.80. The van der Waals surface area contributed by atoms with Crippen LogP contribution in [0.4, 0.5) is 11.9 Å². The van der Waals surface area contributed by atoms with E-state index in [0.717, 1.165) is 36.8 Å². The van der Waals surface area contributed by atoms with Crippen molar-refractivity contribution in [2.75, 3.05) is 43.9 Å². The Balaban J connectivity index is 0.000000251. The minimum absolute atomic E-state index is 0.0937. The van der Waals surface area contributed by atoms with Gasteiger partial charge in [-0.3, -0.25) is 19.2 Å². The van der Waals surface area contributed by atoms with Gasteiger partial charge < -0.3 is 52.0 Å². The Morgan fingerprint density at radius 1 is 0.597 bits per heavy atom. The molecule has 9 N–H and O–H groups in total. The molecule has 4 aromatic heterocycles. The summed E-state index contributed by atoms with van der Waals surface area (Å²) in [6, 6.07) is 18.5. The van der Waals surface area contributed by atoms with Gasteiger partial charge in [-0.25, -0.2) is 29.5 Å². The lowest BCUT2D eigenvalue weighted by Gasteiger charge is -2.17. The molecule has 0 saturated heterocycles. The molecule has 67 heavy (non-hydrogen) atoms. The third kappa shape index (κ3) is 16.8. The van der Waals surface area contributed by atoms with Gasteiger partial charge in [0, 0.05) is 51.0 Å². The molecular formula is C45H48N10O10S2. The number of nitrogens with zero attached hydrogens (tertiary/aromatic N) is 4. The zero-order valence-electron chi connectivity index (χ0n) is 36.0. The first-order chi connectivity index (χ1) is 32.4. The second-order valence-electron chi connectivity index (χ2n) is 14.3. The lowest BCUT2D eigenvalue weighted by molar-refractivity contribution is -0.142. The number of aromatic nitrogens is 4. The van der Waals surface area contributed by atoms with Crippen molar-refractivity contribution in [2.24, 2.45) is 0 Å². The molecule has 0 spiro atoms. The van der Waals surface area contributed by atoms with Gasteiger partial charge in [0.2, 0.25) is 11.9 Å². The molecular weight excluding hydrogens is 905 g/mol. The van der Waals surface area contributed by atoms with Crippen LogP contribution in [0.25, 0.3) is 0 Å². The van der Waals surface area contributed by atoms with E-state index in [1.807, 2.05) is 12.1 Å². The van der Waals surface area contributed by atoms with E-state index < -0.39 is 41.7 Å². The SMILES string of the molecule is COC(=O)[C@H](CNC(=O)c1cccs1)NC(=O)c1cnc(NCCCc2cccc(O)c2)nc1.O=C(N[C@@H](CNC(=O)c1cccs1)C(=O)O)c1cnc(NCCCc2cccc(O)c2)nc1. The van der Waals surface area contributed by atoms with Crippen LogP contribution in [0.2, 0.25) is 0 Å². The number of aryl methyl sites for hydroxylation is 2. The fourth-order valence-corrected chi connectivity index (χ4v) is 7.16. The lowest BCUT2D eigenvalue weighted by atomic mass is 10.1. The summed E-state index contributed by atoms with van der Waals surface area (Å²) in [6.45, 7) is 0.800. The Kier molecular flexibility index (Phi) is 19.5. The van der Waals surface area contributed by atoms with Gasteiger partial charge in [-0.15, -0.1) is 22.7 Å². The van der Waals surface area contributed by atoms with Crippen LogP contribution in [-0.4, -0.2) is 116 Å². The van der Waals surface area contributed by atoms with E-state index >= 15 is 0 Å². The summed E-state index contributed by atoms with van der Waals surface area (Å²) in [7, 11) is 1.20. The number of anilines is 2. The number of aromatic hydroxyl groups is 2. The average Bonchev–Trinajstić information content (AvgIpc) is 4.09. The van der Waals surface area contributed by atoms with E-state index in [4.69, 9.17) is 4.74 Å². The number of amides is 4. The third-order valence-electron chi connectivity index (χ3n) is 9.32. The average molecular weight is 953 g/mol. The molecule has 350 valence electrons. The molecule has 6 rings (SSSR count). The summed E-state index contributed by atoms with van der Waals surface area (Å²) in [5.41, 5.74) is 2.30. The highest BCUT2D eigenvalue weighted by molar-refractivity contribution is 7.12. The monoisotopic (exact) mass is 952 g/mol. The van der Waals surface area contributed by atoms with Gasteiger partial charge in [0.15, 0.2) is 0 Å². The van der Waals surface area contributed by atoms with Crippen molar-refractivity contribution in [1.29, 1.82) is 0 Å². The molecule has 0 radical (unpaired) electrons. The number of carboxylic acids is 1. The topological polar surface area (TPSA) is 296 Å². The van der Waals surface area contributed by atoms with E-state index in [1.165, 1.54) is 54.6 Å². The molecule has 20 nitrogen and oxygen atoms in total. The van der Waals surface area contributed by atoms with Gasteiger partial charge in [0.1, 0.15) is 23.6 Å². The molecule has 0 saturated carbocycles. The summed E-state index contributed by atoms with van der Waals surface area (Å²) in [4.78, 5) is 89.9. The van der Waals surface area contributed by atoms with Gasteiger partial charge >= 0.3 is 11.9 Å². The first kappa shape index (κ1) is 50.0. The Morgan fingerprint density at radius 3 is 1.42 bits per heavy atom. The second-order valence-corrected chi connectivity index (χ2v) is 16.2. The Labute approximate surface area is 392 Å². The number of rotatable bonds is 22. The van der Waals surface area contributed by atoms with E-state index in [0.29, 0.717) is 34.7 Å². The molecule has 22 heteroatoms. The van der Waals surface area contributed by atoms with Gasteiger partial charge in [-0.2, -0.15) is 0 Å². The number of carbonyl (C=O) groups is 6. The van der Waals surface area contributed by atoms with Crippen LogP contribution in [0.1, 0.15) is 64.0 Å². The van der Waals surface area contributed by atoms with Gasteiger partial charge in [-0.1, -0.05) is 36.4 Å². The highest BCUT2D eigenvalue weighted by Gasteiger charge is 2.25. The molecule has 0 unspecified atom stereocenters. The predicted molar refractivity (Wildman–Crippen MR) is 249 cm³/mol. The quantitative estimate of drug-likeness (QED) is 0.0345. The van der Waals surface area contributed by atoms with Crippen molar-refractivity contribution in [3.63, 3.8) is 0 Å². The van der Waals surface area contributed by atoms with Gasteiger partial charge in [0.05, 0.1) is 28.0 Å². The fraction of sp³-hybridized carbons (Fsp3) is 0.244. The number of ether oxygens (including phenoxy) is 1. The number of hydrogen-bond donors (Lipinski definition) is 9. The number of carbonyl (C=O) groups excluding carboxylic acids is 5. The molecule has 6 aromatic rings. The molecule has 0 aliphatic carbocycles. The highest BCUT2D eigenvalue weighted by atomic mass is 32.1. The van der Waals surface area contributed by atoms with Gasteiger partial charge in [0.25, 0.3) is 23.6 Å². The van der Waals surface area contributed by atoms with E-state index in [9.17, 15) is 44.1 Å². The molecule has 0 aliphatic heterocycles. The van der Waals surface area contributed by atoms with Crippen molar-refractivity contribution in [2.45, 2.75) is 37.8 Å². The Bertz CT molecular complexity index is 2550. The maximum Gasteiger partial charge on any atom is 0.330 e. The second kappa shape index (κ2) is 26.1. The predicted octanol–water partition coefficient (Wildman–Crippen LogP) is 3.89. The van der Waals surface area contributed by atoms with E-state index in [1.54, 1.807) is 71.4 Å². The number of phenols is 2. The highest BCUT2D eigenvalue weighted by Crippen LogP contribution is 2.14. The first-order valence-electron chi connectivity index (χ1n) is 20.6. The van der Waals surface area contributed by atoms with E-state index in [2.05, 4.69) is 51.8 Å². The zero-order chi connectivity index (χ0) is 48.0. The fourth-order valence-electron chi connectivity index (χ4n) is 5.88. The van der Waals surface area contributed by atoms with Crippen molar-refractivity contribution in [1.82, 2.24) is 41.2 Å². The number of thiophene rings is 2. The standard InChI is InChI=1S/C23H25N5O5S.C22H23N5O5S/c1-33-22(32)18(14-25-21(31)19-8-4-10-34-19)28-20(30)16-12-26-23(27-13-16)24-9-3-6-15-5-2-7-17(29)11-15;28-16-6-1-4-14(10-16)5-2-8-23-22-25-11-15(12-26-22)19(29)27-17(21(31)32)13-24-20(30)18-7-3-9-33-18/h2,4-5,7-8,10-13,18,29H,3,6,9,14H2,1H3,(H,25,31)(H,28,30)(H,24,26,27);1,3-4,6-7,9-12,17,28H,2,5,8,13H2,(H,24,30)(H,27,29)(H,31,32)(H,23,25,26)/t18-;17-/m00/s1. The largest absolute Gasteiger partial charge is 0.508 e.